The molecule has 1 heterocycles. The van der Waals surface area contributed by atoms with Gasteiger partial charge in [0.05, 0.1) is 12.8 Å². The second-order valence-corrected chi connectivity index (χ2v) is 5.44. The number of benzene rings is 1. The van der Waals surface area contributed by atoms with Crippen LogP contribution in [-0.2, 0) is 11.8 Å². The van der Waals surface area contributed by atoms with Crippen molar-refractivity contribution in [1.29, 1.82) is 0 Å². The molecule has 0 saturated heterocycles. The van der Waals surface area contributed by atoms with E-state index in [-0.39, 0.29) is 11.9 Å². The smallest absolute Gasteiger partial charge is 0.375 e. The Kier molecular flexibility index (Phi) is 5.21. The van der Waals surface area contributed by atoms with Crippen LogP contribution in [0.3, 0.4) is 0 Å². The van der Waals surface area contributed by atoms with Gasteiger partial charge in [-0.1, -0.05) is 13.5 Å². The third-order valence-electron chi connectivity index (χ3n) is 3.61. The highest BCUT2D eigenvalue weighted by Gasteiger charge is 2.20. The predicted molar refractivity (Wildman–Crippen MR) is 89.5 cm³/mol. The molecule has 0 aliphatic carbocycles. The molecule has 122 valence electrons. The van der Waals surface area contributed by atoms with Gasteiger partial charge < -0.3 is 14.0 Å². The first-order chi connectivity index (χ1) is 11.0. The van der Waals surface area contributed by atoms with Crippen molar-refractivity contribution in [2.45, 2.75) is 26.4 Å². The van der Waals surface area contributed by atoms with Crippen LogP contribution in [-0.4, -0.2) is 28.7 Å². The van der Waals surface area contributed by atoms with E-state index in [0.717, 1.165) is 16.9 Å². The molecule has 0 N–H and O–H groups in total. The molecule has 0 aliphatic heterocycles. The Hall–Kier alpha value is -2.56. The number of esters is 1. The third-order valence-corrected chi connectivity index (χ3v) is 3.61. The highest BCUT2D eigenvalue weighted by atomic mass is 16.5. The molecule has 1 atom stereocenters. The summed E-state index contributed by atoms with van der Waals surface area (Å²) in [5.74, 6) is 0.606. The van der Waals surface area contributed by atoms with Gasteiger partial charge in [-0.3, -0.25) is 0 Å². The van der Waals surface area contributed by atoms with E-state index < -0.39 is 5.97 Å². The Balaban J connectivity index is 2.23. The zero-order chi connectivity index (χ0) is 17.0. The van der Waals surface area contributed by atoms with Crippen LogP contribution in [0.25, 0.3) is 11.3 Å². The number of nitrogens with zero attached hydrogens (tertiary/aromatic N) is 2. The summed E-state index contributed by atoms with van der Waals surface area (Å²) in [6.07, 6.45) is 2.21. The van der Waals surface area contributed by atoms with Crippen LogP contribution < -0.4 is 4.74 Å². The van der Waals surface area contributed by atoms with E-state index in [1.165, 1.54) is 0 Å². The quantitative estimate of drug-likeness (QED) is 0.604. The Morgan fingerprint density at radius 2 is 2.00 bits per heavy atom. The maximum Gasteiger partial charge on any atom is 0.375 e. The molecule has 5 nitrogen and oxygen atoms in total. The number of carbonyl (C=O) groups is 1. The van der Waals surface area contributed by atoms with Gasteiger partial charge in [-0.2, -0.15) is 0 Å². The predicted octanol–water partition coefficient (Wildman–Crippen LogP) is 3.61. The molecule has 0 amide bonds. The van der Waals surface area contributed by atoms with Crippen LogP contribution in [0, 0.1) is 0 Å². The van der Waals surface area contributed by atoms with Crippen LogP contribution in [0.4, 0.5) is 0 Å². The average Bonchev–Trinajstić information content (AvgIpc) is 2.94. The fraction of sp³-hybridized carbons (Fsp3) is 0.333. The van der Waals surface area contributed by atoms with Crippen LogP contribution >= 0.6 is 0 Å². The van der Waals surface area contributed by atoms with Crippen molar-refractivity contribution >= 4 is 5.97 Å². The van der Waals surface area contributed by atoms with E-state index in [4.69, 9.17) is 9.47 Å². The van der Waals surface area contributed by atoms with Crippen molar-refractivity contribution in [1.82, 2.24) is 9.55 Å². The number of ether oxygens (including phenoxy) is 2. The molecule has 1 aromatic heterocycles. The number of aromatic nitrogens is 2. The summed E-state index contributed by atoms with van der Waals surface area (Å²) in [4.78, 5) is 16.7. The second kappa shape index (κ2) is 7.13. The van der Waals surface area contributed by atoms with Crippen molar-refractivity contribution in [2.75, 3.05) is 7.11 Å². The average molecular weight is 314 g/mol. The van der Waals surface area contributed by atoms with Gasteiger partial charge in [0, 0.05) is 18.8 Å². The Bertz CT molecular complexity index is 702. The summed E-state index contributed by atoms with van der Waals surface area (Å²) in [6.45, 7) is 7.65. The lowest BCUT2D eigenvalue weighted by Gasteiger charge is -2.15. The number of hydrogen-bond acceptors (Lipinski definition) is 4. The standard InChI is InChI=1S/C18H22N2O3/c1-6-16(12(2)3)23-18(21)17-19-15(11-20(17)4)13-7-9-14(22-5)10-8-13/h7-11,16H,2,6H2,1,3-5H3/t16-/m1/s1. The summed E-state index contributed by atoms with van der Waals surface area (Å²) in [5.41, 5.74) is 2.45. The van der Waals surface area contributed by atoms with Gasteiger partial charge in [0.25, 0.3) is 0 Å². The molecule has 0 spiro atoms. The Labute approximate surface area is 136 Å². The van der Waals surface area contributed by atoms with Gasteiger partial charge in [0.15, 0.2) is 0 Å². The maximum atomic E-state index is 12.3. The Morgan fingerprint density at radius 3 is 2.52 bits per heavy atom. The highest BCUT2D eigenvalue weighted by Crippen LogP contribution is 2.22. The zero-order valence-corrected chi connectivity index (χ0v) is 14.0. The third kappa shape index (κ3) is 3.80. The molecule has 2 rings (SSSR count). The van der Waals surface area contributed by atoms with Crippen LogP contribution in [0.15, 0.2) is 42.6 Å². The minimum atomic E-state index is -0.442. The highest BCUT2D eigenvalue weighted by molar-refractivity contribution is 5.87. The number of imidazole rings is 1. The minimum absolute atomic E-state index is 0.274. The molecular formula is C18H22N2O3. The van der Waals surface area contributed by atoms with E-state index in [1.54, 1.807) is 24.9 Å². The number of carbonyl (C=O) groups excluding carboxylic acids is 1. The summed E-state index contributed by atoms with van der Waals surface area (Å²) >= 11 is 0. The molecule has 0 fully saturated rings. The van der Waals surface area contributed by atoms with Crippen LogP contribution in [0.5, 0.6) is 5.75 Å². The number of hydrogen-bond donors (Lipinski definition) is 0. The van der Waals surface area contributed by atoms with Crippen molar-refractivity contribution in [2.24, 2.45) is 7.05 Å². The molecule has 23 heavy (non-hydrogen) atoms. The molecule has 0 bridgehead atoms. The molecular weight excluding hydrogens is 292 g/mol. The van der Waals surface area contributed by atoms with E-state index in [2.05, 4.69) is 11.6 Å². The Morgan fingerprint density at radius 1 is 1.35 bits per heavy atom. The SMILES string of the molecule is C=C(C)[C@@H](CC)OC(=O)c1nc(-c2ccc(OC)cc2)cn1C. The first-order valence-electron chi connectivity index (χ1n) is 7.50. The van der Waals surface area contributed by atoms with Gasteiger partial charge >= 0.3 is 5.97 Å². The number of aryl methyl sites for hydroxylation is 1. The monoisotopic (exact) mass is 314 g/mol. The normalized spacial score (nSPS) is 11.8. The minimum Gasteiger partial charge on any atom is -0.497 e. The molecule has 2 aromatic rings. The zero-order valence-electron chi connectivity index (χ0n) is 14.0. The van der Waals surface area contributed by atoms with Crippen molar-refractivity contribution in [3.05, 3.63) is 48.4 Å². The topological polar surface area (TPSA) is 53.4 Å². The lowest BCUT2D eigenvalue weighted by Crippen LogP contribution is -2.20. The summed E-state index contributed by atoms with van der Waals surface area (Å²) < 4.78 is 12.3. The van der Waals surface area contributed by atoms with E-state index >= 15 is 0 Å². The van der Waals surface area contributed by atoms with Gasteiger partial charge in [-0.25, -0.2) is 9.78 Å². The van der Waals surface area contributed by atoms with E-state index in [9.17, 15) is 4.79 Å². The van der Waals surface area contributed by atoms with Gasteiger partial charge in [0.2, 0.25) is 5.82 Å². The lowest BCUT2D eigenvalue weighted by molar-refractivity contribution is 0.0349. The van der Waals surface area contributed by atoms with E-state index in [0.29, 0.717) is 12.1 Å². The van der Waals surface area contributed by atoms with Gasteiger partial charge in [0.1, 0.15) is 11.9 Å². The summed E-state index contributed by atoms with van der Waals surface area (Å²) in [7, 11) is 3.40. The fourth-order valence-electron chi connectivity index (χ4n) is 2.27. The van der Waals surface area contributed by atoms with Crippen molar-refractivity contribution in [3.8, 4) is 17.0 Å². The van der Waals surface area contributed by atoms with Gasteiger partial charge in [-0.15, -0.1) is 0 Å². The molecule has 5 heteroatoms. The maximum absolute atomic E-state index is 12.3. The lowest BCUT2D eigenvalue weighted by atomic mass is 10.1. The second-order valence-electron chi connectivity index (χ2n) is 5.44. The molecule has 0 saturated carbocycles. The molecule has 0 radical (unpaired) electrons. The van der Waals surface area contributed by atoms with Crippen molar-refractivity contribution < 1.29 is 14.3 Å². The largest absolute Gasteiger partial charge is 0.497 e. The first kappa shape index (κ1) is 16.8. The van der Waals surface area contributed by atoms with Crippen LogP contribution in [0.2, 0.25) is 0 Å². The van der Waals surface area contributed by atoms with E-state index in [1.807, 2.05) is 38.1 Å². The van der Waals surface area contributed by atoms with Gasteiger partial charge in [-0.05, 0) is 43.2 Å². The summed E-state index contributed by atoms with van der Waals surface area (Å²) in [6, 6.07) is 7.52. The molecule has 0 aliphatic rings. The fourth-order valence-corrected chi connectivity index (χ4v) is 2.27. The summed E-state index contributed by atoms with van der Waals surface area (Å²) in [5, 5.41) is 0. The molecule has 1 aromatic carbocycles. The number of methoxy groups -OCH3 is 1. The first-order valence-corrected chi connectivity index (χ1v) is 7.50. The van der Waals surface area contributed by atoms with Crippen LogP contribution in [0.1, 0.15) is 30.9 Å². The number of rotatable bonds is 6. The van der Waals surface area contributed by atoms with Crippen molar-refractivity contribution in [3.63, 3.8) is 0 Å². The molecule has 0 unspecified atom stereocenters.